The van der Waals surface area contributed by atoms with Gasteiger partial charge in [-0.3, -0.25) is 10.1 Å². The third kappa shape index (κ3) is 8.22. The topological polar surface area (TPSA) is 142 Å². The predicted octanol–water partition coefficient (Wildman–Crippen LogP) is 4.68. The van der Waals surface area contributed by atoms with Crippen LogP contribution in [-0.4, -0.2) is 55.4 Å². The molecule has 4 N–H and O–H groups in total. The molecule has 1 aliphatic rings. The van der Waals surface area contributed by atoms with Crippen LogP contribution < -0.4 is 20.7 Å². The molecule has 1 heterocycles. The molecule has 1 saturated heterocycles. The molecule has 0 bridgehead atoms. The second-order valence-electron chi connectivity index (χ2n) is 10.5. The number of primary amides is 1. The molecule has 44 heavy (non-hydrogen) atoms. The Hall–Kier alpha value is -4.71. The van der Waals surface area contributed by atoms with Gasteiger partial charge in [0.25, 0.3) is 0 Å². The third-order valence-electron chi connectivity index (χ3n) is 7.24. The largest absolute Gasteiger partial charge is 0.457 e. The number of aliphatic hydroxyl groups is 1. The summed E-state index contributed by atoms with van der Waals surface area (Å²) in [4.78, 5) is 21.1. The number of piperazine rings is 1. The van der Waals surface area contributed by atoms with E-state index in [1.807, 2.05) is 91.9 Å². The van der Waals surface area contributed by atoms with Crippen molar-refractivity contribution in [3.63, 3.8) is 0 Å². The summed E-state index contributed by atoms with van der Waals surface area (Å²) in [6.07, 6.45) is -0.326. The number of aliphatic hydroxyl groups excluding tert-OH is 1. The molecule has 0 radical (unpaired) electrons. The molecule has 0 spiro atoms. The smallest absolute Gasteiger partial charge is 0.318 e. The number of anilines is 1. The fraction of sp³-hybridized carbons (Fsp3) is 0.212. The quantitative estimate of drug-likeness (QED) is 0.232. The summed E-state index contributed by atoms with van der Waals surface area (Å²) < 4.78 is 35.1. The maximum atomic E-state index is 13.8. The monoisotopic (exact) mass is 616 g/mol. The van der Waals surface area contributed by atoms with Crippen LogP contribution in [0.25, 0.3) is 0 Å². The number of amides is 3. The number of hydrogen-bond acceptors (Lipinski definition) is 7. The van der Waals surface area contributed by atoms with Crippen LogP contribution in [0.15, 0.2) is 120 Å². The molecular weight excluding hydrogens is 580 g/mol. The number of para-hydroxylation sites is 1. The number of nitrogens with one attached hydrogen (secondary N) is 1. The minimum atomic E-state index is -3.77. The Kier molecular flexibility index (Phi) is 10.7. The lowest BCUT2D eigenvalue weighted by Crippen LogP contribution is -2.63. The van der Waals surface area contributed by atoms with E-state index < -0.39 is 27.7 Å². The average Bonchev–Trinajstić information content (AvgIpc) is 3.02. The zero-order chi connectivity index (χ0) is 31.6. The van der Waals surface area contributed by atoms with E-state index in [2.05, 4.69) is 10.6 Å². The predicted molar refractivity (Wildman–Crippen MR) is 169 cm³/mol. The number of hydrogen-bond donors (Lipinski definition) is 3. The van der Waals surface area contributed by atoms with Gasteiger partial charge in [0.2, 0.25) is 16.4 Å². The number of urea groups is 1. The van der Waals surface area contributed by atoms with Crippen molar-refractivity contribution in [2.75, 3.05) is 24.5 Å². The third-order valence-corrected chi connectivity index (χ3v) is 9.31. The fourth-order valence-electron chi connectivity index (χ4n) is 5.18. The maximum absolute atomic E-state index is 13.8. The first kappa shape index (κ1) is 32.2. The summed E-state index contributed by atoms with van der Waals surface area (Å²) >= 11 is 0. The summed E-state index contributed by atoms with van der Waals surface area (Å²) in [5.74, 6) is 1.50. The van der Waals surface area contributed by atoms with Crippen LogP contribution in [0.4, 0.5) is 10.5 Å². The molecule has 11 heteroatoms. The molecule has 10 nitrogen and oxygen atoms in total. The summed E-state index contributed by atoms with van der Waals surface area (Å²) in [6.45, 7) is 3.19. The van der Waals surface area contributed by atoms with Gasteiger partial charge in [-0.1, -0.05) is 66.7 Å². The zero-order valence-corrected chi connectivity index (χ0v) is 25.1. The van der Waals surface area contributed by atoms with Gasteiger partial charge in [-0.2, -0.15) is 4.31 Å². The molecule has 2 atom stereocenters. The van der Waals surface area contributed by atoms with E-state index in [9.17, 15) is 23.1 Å². The summed E-state index contributed by atoms with van der Waals surface area (Å²) in [7, 11) is -3.77. The highest BCUT2D eigenvalue weighted by Gasteiger charge is 2.46. The van der Waals surface area contributed by atoms with Crippen LogP contribution in [0.5, 0.6) is 11.5 Å². The Morgan fingerprint density at radius 3 is 2.00 bits per heavy atom. The molecule has 4 aromatic rings. The molecule has 1 fully saturated rings. The number of ether oxygens (including phenoxy) is 1. The highest BCUT2D eigenvalue weighted by atomic mass is 32.2. The van der Waals surface area contributed by atoms with E-state index in [0.717, 1.165) is 22.7 Å². The first-order valence-electron chi connectivity index (χ1n) is 14.0. The number of sulfonamides is 1. The van der Waals surface area contributed by atoms with Crippen molar-refractivity contribution >= 4 is 28.2 Å². The van der Waals surface area contributed by atoms with E-state index in [1.165, 1.54) is 0 Å². The van der Waals surface area contributed by atoms with Crippen LogP contribution in [0.1, 0.15) is 25.0 Å². The van der Waals surface area contributed by atoms with E-state index in [4.69, 9.17) is 4.74 Å². The number of carbonyl (C=O) groups is 2. The van der Waals surface area contributed by atoms with Gasteiger partial charge in [-0.15, -0.1) is 0 Å². The Morgan fingerprint density at radius 2 is 1.45 bits per heavy atom. The molecule has 1 aliphatic heterocycles. The lowest BCUT2D eigenvalue weighted by Gasteiger charge is -2.49. The van der Waals surface area contributed by atoms with Crippen molar-refractivity contribution in [3.05, 3.63) is 121 Å². The normalized spacial score (nSPS) is 17.5. The lowest BCUT2D eigenvalue weighted by molar-refractivity contribution is -0.108. The van der Waals surface area contributed by atoms with E-state index >= 15 is 0 Å². The lowest BCUT2D eigenvalue weighted by atomic mass is 9.88. The number of nitrogens with two attached hydrogens (primary N) is 1. The van der Waals surface area contributed by atoms with Crippen LogP contribution in [0, 0.1) is 0 Å². The number of carbonyl (C=O) groups excluding carboxylic acids is 2. The SMILES string of the molecule is C[C@@]1(CC(O)c2ccccc2)CN(c2ccc(Oc3ccccc3)cc2)CCN1S(=O)(=O)c1ccccc1.NC(=O)NC=O. The molecule has 1 unspecified atom stereocenters. The molecule has 0 aromatic heterocycles. The summed E-state index contributed by atoms with van der Waals surface area (Å²) in [6, 6.07) is 34.5. The summed E-state index contributed by atoms with van der Waals surface area (Å²) in [5.41, 5.74) is 5.31. The van der Waals surface area contributed by atoms with Gasteiger partial charge in [-0.05, 0) is 67.4 Å². The van der Waals surface area contributed by atoms with Gasteiger partial charge in [0.1, 0.15) is 11.5 Å². The Labute approximate surface area is 257 Å². The van der Waals surface area contributed by atoms with Crippen molar-refractivity contribution < 1.29 is 27.9 Å². The second-order valence-corrected chi connectivity index (χ2v) is 12.3. The van der Waals surface area contributed by atoms with Crippen LogP contribution in [0.3, 0.4) is 0 Å². The van der Waals surface area contributed by atoms with E-state index in [1.54, 1.807) is 40.0 Å². The number of nitrogens with zero attached hydrogens (tertiary/aromatic N) is 2. The molecule has 5 rings (SSSR count). The number of rotatable bonds is 9. The first-order chi connectivity index (χ1) is 21.1. The van der Waals surface area contributed by atoms with Crippen LogP contribution >= 0.6 is 0 Å². The molecule has 4 aromatic carbocycles. The van der Waals surface area contributed by atoms with Gasteiger partial charge >= 0.3 is 6.03 Å². The Morgan fingerprint density at radius 1 is 0.909 bits per heavy atom. The maximum Gasteiger partial charge on any atom is 0.318 e. The highest BCUT2D eigenvalue weighted by molar-refractivity contribution is 7.89. The molecule has 230 valence electrons. The van der Waals surface area contributed by atoms with Gasteiger partial charge in [0, 0.05) is 25.3 Å². The zero-order valence-electron chi connectivity index (χ0n) is 24.3. The van der Waals surface area contributed by atoms with Gasteiger partial charge in [0.15, 0.2) is 0 Å². The molecular formula is C33H36N4O6S. The first-order valence-corrected chi connectivity index (χ1v) is 15.4. The molecule has 0 aliphatic carbocycles. The molecule has 0 saturated carbocycles. The second kappa shape index (κ2) is 14.6. The van der Waals surface area contributed by atoms with Gasteiger partial charge in [0.05, 0.1) is 16.5 Å². The van der Waals surface area contributed by atoms with Crippen LogP contribution in [-0.2, 0) is 14.8 Å². The fourth-order valence-corrected chi connectivity index (χ4v) is 6.97. The Bertz CT molecular complexity index is 1610. The van der Waals surface area contributed by atoms with E-state index in [-0.39, 0.29) is 17.7 Å². The van der Waals surface area contributed by atoms with Gasteiger partial charge in [-0.25, -0.2) is 13.2 Å². The molecule has 3 amide bonds. The minimum Gasteiger partial charge on any atom is -0.457 e. The van der Waals surface area contributed by atoms with Crippen molar-refractivity contribution in [1.29, 1.82) is 0 Å². The minimum absolute atomic E-state index is 0.225. The van der Waals surface area contributed by atoms with Crippen LogP contribution in [0.2, 0.25) is 0 Å². The van der Waals surface area contributed by atoms with Crippen molar-refractivity contribution in [3.8, 4) is 11.5 Å². The number of benzene rings is 4. The van der Waals surface area contributed by atoms with Crippen molar-refractivity contribution in [2.45, 2.75) is 29.9 Å². The van der Waals surface area contributed by atoms with E-state index in [0.29, 0.717) is 19.6 Å². The van der Waals surface area contributed by atoms with Crippen molar-refractivity contribution in [1.82, 2.24) is 9.62 Å². The standard InChI is InChI=1S/C31H32N2O4S.C2H4N2O2/c1-31(23-30(34)25-11-5-2-6-12-25)24-32(21-22-33(31)38(35,36)29-15-9-4-10-16-29)26-17-19-28(20-18-26)37-27-13-7-3-8-14-27;3-2(6)4-1-5/h2-20,30,34H,21-24H2,1H3;1H,(H3,3,4,5,6)/t30?,31-;/m1./s1. The van der Waals surface area contributed by atoms with Gasteiger partial charge < -0.3 is 20.5 Å². The average molecular weight is 617 g/mol. The Balaban J connectivity index is 0.000000670. The summed E-state index contributed by atoms with van der Waals surface area (Å²) in [5, 5.41) is 12.8. The highest BCUT2D eigenvalue weighted by Crippen LogP contribution is 2.37. The van der Waals surface area contributed by atoms with Crippen molar-refractivity contribution in [2.24, 2.45) is 5.73 Å². The number of imide groups is 1.